The molecule has 0 bridgehead atoms. The summed E-state index contributed by atoms with van der Waals surface area (Å²) in [5.74, 6) is -0.808. The van der Waals surface area contributed by atoms with Gasteiger partial charge < -0.3 is 4.74 Å². The van der Waals surface area contributed by atoms with Crippen LogP contribution in [0.5, 0.6) is 5.75 Å². The van der Waals surface area contributed by atoms with E-state index in [1.54, 1.807) is 12.1 Å². The predicted octanol–water partition coefficient (Wildman–Crippen LogP) is 3.26. The van der Waals surface area contributed by atoms with Crippen LogP contribution in [-0.4, -0.2) is 25.0 Å². The SMILES string of the molecule is O=S(=O)(Nc1cccc2[nH]ncc12)c1ccccc1OC(F)(F)F. The highest BCUT2D eigenvalue weighted by molar-refractivity contribution is 7.92. The van der Waals surface area contributed by atoms with Gasteiger partial charge in [-0.25, -0.2) is 8.42 Å². The van der Waals surface area contributed by atoms with Crippen molar-refractivity contribution in [2.24, 2.45) is 0 Å². The molecule has 0 saturated carbocycles. The number of hydrogen-bond donors (Lipinski definition) is 2. The highest BCUT2D eigenvalue weighted by Gasteiger charge is 2.34. The third kappa shape index (κ3) is 3.27. The molecule has 0 aliphatic rings. The van der Waals surface area contributed by atoms with E-state index in [-0.39, 0.29) is 5.69 Å². The van der Waals surface area contributed by atoms with Gasteiger partial charge >= 0.3 is 6.36 Å². The highest BCUT2D eigenvalue weighted by atomic mass is 32.2. The number of ether oxygens (including phenoxy) is 1. The van der Waals surface area contributed by atoms with E-state index >= 15 is 0 Å². The summed E-state index contributed by atoms with van der Waals surface area (Å²) in [6.45, 7) is 0. The van der Waals surface area contributed by atoms with Crippen LogP contribution in [0.1, 0.15) is 0 Å². The minimum Gasteiger partial charge on any atom is -0.404 e. The van der Waals surface area contributed by atoms with Crippen LogP contribution in [0.4, 0.5) is 18.9 Å². The molecule has 0 atom stereocenters. The number of halogens is 3. The second-order valence-corrected chi connectivity index (χ2v) is 6.39. The van der Waals surface area contributed by atoms with E-state index in [0.29, 0.717) is 10.9 Å². The lowest BCUT2D eigenvalue weighted by Gasteiger charge is -2.14. The van der Waals surface area contributed by atoms with Gasteiger partial charge in [0.2, 0.25) is 0 Å². The number of nitrogens with one attached hydrogen (secondary N) is 2. The number of aromatic amines is 1. The summed E-state index contributed by atoms with van der Waals surface area (Å²) in [7, 11) is -4.30. The number of fused-ring (bicyclic) bond motifs is 1. The Labute approximate surface area is 134 Å². The van der Waals surface area contributed by atoms with Gasteiger partial charge in [-0.15, -0.1) is 13.2 Å². The average Bonchev–Trinajstić information content (AvgIpc) is 2.95. The second-order valence-electron chi connectivity index (χ2n) is 4.74. The number of H-pyrrole nitrogens is 1. The lowest BCUT2D eigenvalue weighted by Crippen LogP contribution is -2.20. The van der Waals surface area contributed by atoms with Gasteiger partial charge in [-0.3, -0.25) is 9.82 Å². The van der Waals surface area contributed by atoms with E-state index < -0.39 is 27.0 Å². The van der Waals surface area contributed by atoms with E-state index in [9.17, 15) is 21.6 Å². The number of nitrogens with zero attached hydrogens (tertiary/aromatic N) is 1. The van der Waals surface area contributed by atoms with Crippen LogP contribution in [0.15, 0.2) is 53.6 Å². The molecule has 0 spiro atoms. The molecule has 0 radical (unpaired) electrons. The molecule has 6 nitrogen and oxygen atoms in total. The van der Waals surface area contributed by atoms with Crippen LogP contribution >= 0.6 is 0 Å². The highest BCUT2D eigenvalue weighted by Crippen LogP contribution is 2.31. The zero-order valence-corrected chi connectivity index (χ0v) is 12.6. The molecule has 3 rings (SSSR count). The zero-order valence-electron chi connectivity index (χ0n) is 11.8. The molecule has 2 aromatic carbocycles. The Morgan fingerprint density at radius 1 is 1.08 bits per heavy atom. The van der Waals surface area contributed by atoms with Gasteiger partial charge in [0, 0.05) is 5.39 Å². The Hall–Kier alpha value is -2.75. The number of hydrogen-bond acceptors (Lipinski definition) is 4. The maximum atomic E-state index is 12.5. The molecule has 0 saturated heterocycles. The smallest absolute Gasteiger partial charge is 0.404 e. The fourth-order valence-corrected chi connectivity index (χ4v) is 3.35. The Balaban J connectivity index is 2.01. The largest absolute Gasteiger partial charge is 0.573 e. The van der Waals surface area contributed by atoms with Gasteiger partial charge in [0.15, 0.2) is 0 Å². The van der Waals surface area contributed by atoms with Crippen molar-refractivity contribution in [1.29, 1.82) is 0 Å². The molecular formula is C14H10F3N3O3S. The van der Waals surface area contributed by atoms with E-state index in [0.717, 1.165) is 12.1 Å². The fourth-order valence-electron chi connectivity index (χ4n) is 2.14. The molecule has 0 unspecified atom stereocenters. The molecule has 24 heavy (non-hydrogen) atoms. The van der Waals surface area contributed by atoms with Crippen molar-refractivity contribution in [3.8, 4) is 5.75 Å². The predicted molar refractivity (Wildman–Crippen MR) is 80.0 cm³/mol. The van der Waals surface area contributed by atoms with Crippen molar-refractivity contribution in [3.05, 3.63) is 48.7 Å². The quantitative estimate of drug-likeness (QED) is 0.751. The standard InChI is InChI=1S/C14H10F3N3O3S/c15-14(16,17)23-12-6-1-2-7-13(12)24(21,22)20-11-5-3-4-10-9(11)8-18-19-10/h1-8,20H,(H,18,19). The molecule has 10 heteroatoms. The first-order valence-corrected chi connectivity index (χ1v) is 8.04. The third-order valence-corrected chi connectivity index (χ3v) is 4.50. The van der Waals surface area contributed by atoms with Gasteiger partial charge in [0.05, 0.1) is 17.4 Å². The van der Waals surface area contributed by atoms with Crippen molar-refractivity contribution >= 4 is 26.6 Å². The number of aromatic nitrogens is 2. The summed E-state index contributed by atoms with van der Waals surface area (Å²) in [6.07, 6.45) is -3.60. The Bertz CT molecular complexity index is 983. The number of benzene rings is 2. The average molecular weight is 357 g/mol. The van der Waals surface area contributed by atoms with Crippen LogP contribution in [0.3, 0.4) is 0 Å². The third-order valence-electron chi connectivity index (χ3n) is 3.09. The number of sulfonamides is 1. The summed E-state index contributed by atoms with van der Waals surface area (Å²) in [5.41, 5.74) is 0.762. The summed E-state index contributed by atoms with van der Waals surface area (Å²) in [4.78, 5) is -0.622. The summed E-state index contributed by atoms with van der Waals surface area (Å²) >= 11 is 0. The fraction of sp³-hybridized carbons (Fsp3) is 0.0714. The van der Waals surface area contributed by atoms with Crippen LogP contribution in [-0.2, 0) is 10.0 Å². The number of alkyl halides is 3. The molecule has 0 amide bonds. The lowest BCUT2D eigenvalue weighted by molar-refractivity contribution is -0.275. The Morgan fingerprint density at radius 2 is 1.83 bits per heavy atom. The summed E-state index contributed by atoms with van der Waals surface area (Å²) in [6, 6.07) is 9.24. The summed E-state index contributed by atoms with van der Waals surface area (Å²) in [5, 5.41) is 6.95. The second kappa shape index (κ2) is 5.71. The van der Waals surface area contributed by atoms with E-state index in [1.807, 2.05) is 0 Å². The van der Waals surface area contributed by atoms with Crippen LogP contribution < -0.4 is 9.46 Å². The lowest BCUT2D eigenvalue weighted by atomic mass is 10.2. The summed E-state index contributed by atoms with van der Waals surface area (Å²) < 4.78 is 68.4. The monoisotopic (exact) mass is 357 g/mol. The van der Waals surface area contributed by atoms with Crippen LogP contribution in [0, 0.1) is 0 Å². The normalized spacial score (nSPS) is 12.3. The van der Waals surface area contributed by atoms with Crippen molar-refractivity contribution < 1.29 is 26.3 Å². The first-order chi connectivity index (χ1) is 11.3. The number of rotatable bonds is 4. The minimum atomic E-state index is -5.00. The molecule has 1 heterocycles. The van der Waals surface area contributed by atoms with Crippen LogP contribution in [0.25, 0.3) is 10.9 Å². The topological polar surface area (TPSA) is 84.1 Å². The Morgan fingerprint density at radius 3 is 2.58 bits per heavy atom. The molecule has 3 aromatic rings. The van der Waals surface area contributed by atoms with E-state index in [4.69, 9.17) is 0 Å². The van der Waals surface area contributed by atoms with Crippen molar-refractivity contribution in [1.82, 2.24) is 10.2 Å². The van der Waals surface area contributed by atoms with Gasteiger partial charge in [-0.1, -0.05) is 18.2 Å². The van der Waals surface area contributed by atoms with Gasteiger partial charge in [-0.05, 0) is 24.3 Å². The van der Waals surface area contributed by atoms with Crippen molar-refractivity contribution in [2.75, 3.05) is 4.72 Å². The molecule has 0 aliphatic heterocycles. The van der Waals surface area contributed by atoms with E-state index in [1.165, 1.54) is 24.4 Å². The molecule has 126 valence electrons. The molecule has 0 aliphatic carbocycles. The Kier molecular flexibility index (Phi) is 3.84. The van der Waals surface area contributed by atoms with Gasteiger partial charge in [-0.2, -0.15) is 5.10 Å². The number of para-hydroxylation sites is 1. The molecular weight excluding hydrogens is 347 g/mol. The minimum absolute atomic E-state index is 0.183. The molecule has 1 aromatic heterocycles. The maximum Gasteiger partial charge on any atom is 0.573 e. The first-order valence-electron chi connectivity index (χ1n) is 6.56. The maximum absolute atomic E-state index is 12.5. The van der Waals surface area contributed by atoms with E-state index in [2.05, 4.69) is 19.7 Å². The van der Waals surface area contributed by atoms with Gasteiger partial charge in [0.25, 0.3) is 10.0 Å². The zero-order chi connectivity index (χ0) is 17.4. The van der Waals surface area contributed by atoms with Crippen molar-refractivity contribution in [2.45, 2.75) is 11.3 Å². The first kappa shape index (κ1) is 16.1. The molecule has 0 fully saturated rings. The van der Waals surface area contributed by atoms with Crippen LogP contribution in [0.2, 0.25) is 0 Å². The number of anilines is 1. The van der Waals surface area contributed by atoms with Gasteiger partial charge in [0.1, 0.15) is 10.6 Å². The van der Waals surface area contributed by atoms with Crippen molar-refractivity contribution in [3.63, 3.8) is 0 Å². The molecule has 2 N–H and O–H groups in total.